The molecule has 0 amide bonds. The van der Waals surface area contributed by atoms with E-state index < -0.39 is 0 Å². The summed E-state index contributed by atoms with van der Waals surface area (Å²) in [7, 11) is 2.18. The quantitative estimate of drug-likeness (QED) is 0.378. The van der Waals surface area contributed by atoms with Crippen LogP contribution in [0.25, 0.3) is 0 Å². The molecule has 2 nitrogen and oxygen atoms in total. The topological polar surface area (TPSA) is 12.5 Å². The molecule has 0 aromatic carbocycles. The Bertz CT molecular complexity index is 156. The van der Waals surface area contributed by atoms with Crippen LogP contribution in [-0.2, 0) is 4.74 Å². The molecule has 0 saturated carbocycles. The van der Waals surface area contributed by atoms with E-state index in [1.54, 1.807) is 0 Å². The zero-order valence-corrected chi connectivity index (χ0v) is 16.5. The summed E-state index contributed by atoms with van der Waals surface area (Å²) in [5.74, 6) is 0. The summed E-state index contributed by atoms with van der Waals surface area (Å²) in [4.78, 5) is 2.36. The van der Waals surface area contributed by atoms with Gasteiger partial charge in [-0.15, -0.1) is 0 Å². The van der Waals surface area contributed by atoms with Gasteiger partial charge in [0.2, 0.25) is 0 Å². The fraction of sp³-hybridized carbons (Fsp3) is 1.00. The lowest BCUT2D eigenvalue weighted by molar-refractivity contribution is 0.198. The van der Waals surface area contributed by atoms with Crippen LogP contribution in [0.5, 0.6) is 0 Å². The van der Waals surface area contributed by atoms with Crippen LogP contribution in [0.1, 0.15) is 113 Å². The lowest BCUT2D eigenvalue weighted by Crippen LogP contribution is -2.18. The van der Waals surface area contributed by atoms with Gasteiger partial charge < -0.3 is 9.64 Å². The highest BCUT2D eigenvalue weighted by molar-refractivity contribution is 4.46. The molecule has 1 heterocycles. The lowest BCUT2D eigenvalue weighted by atomic mass is 10.1. The zero-order valence-electron chi connectivity index (χ0n) is 16.5. The van der Waals surface area contributed by atoms with Gasteiger partial charge in [0.15, 0.2) is 0 Å². The van der Waals surface area contributed by atoms with Gasteiger partial charge >= 0.3 is 0 Å². The minimum atomic E-state index is 0. The van der Waals surface area contributed by atoms with Gasteiger partial charge in [-0.3, -0.25) is 0 Å². The van der Waals surface area contributed by atoms with E-state index in [1.807, 2.05) is 0 Å². The van der Waals surface area contributed by atoms with Gasteiger partial charge in [0.05, 0.1) is 0 Å². The average Bonchev–Trinajstić information content (AvgIpc) is 3.12. The third-order valence-electron chi connectivity index (χ3n) is 3.97. The molecule has 0 unspecified atom stereocenters. The first-order valence-corrected chi connectivity index (χ1v) is 9.99. The van der Waals surface area contributed by atoms with Gasteiger partial charge in [-0.2, -0.15) is 0 Å². The summed E-state index contributed by atoms with van der Waals surface area (Å²) >= 11 is 0. The van der Waals surface area contributed by atoms with Crippen LogP contribution in [0, 0.1) is 0 Å². The molecule has 0 radical (unpaired) electrons. The molecule has 1 rings (SSSR count). The first-order valence-electron chi connectivity index (χ1n) is 9.99. The number of rotatable bonds is 10. The predicted octanol–water partition coefficient (Wildman–Crippen LogP) is 7.56. The van der Waals surface area contributed by atoms with Gasteiger partial charge in [-0.1, -0.05) is 93.9 Å². The Morgan fingerprint density at radius 2 is 1.08 bits per heavy atom. The van der Waals surface area contributed by atoms with E-state index in [0.717, 1.165) is 13.2 Å². The minimum Gasteiger partial charge on any atom is -0.381 e. The highest BCUT2D eigenvalue weighted by atomic mass is 16.5. The smallest absolute Gasteiger partial charge is 0.0466 e. The first kappa shape index (κ1) is 31.7. The van der Waals surface area contributed by atoms with E-state index in [1.165, 1.54) is 83.7 Å². The summed E-state index contributed by atoms with van der Waals surface area (Å²) < 4.78 is 4.94. The molecule has 0 N–H and O–H groups in total. The van der Waals surface area contributed by atoms with Crippen molar-refractivity contribution in [3.63, 3.8) is 0 Å². The summed E-state index contributed by atoms with van der Waals surface area (Å²) in [5.41, 5.74) is 0. The van der Waals surface area contributed by atoms with Crippen LogP contribution in [0.2, 0.25) is 0 Å². The summed E-state index contributed by atoms with van der Waals surface area (Å²) in [6.45, 7) is 13.4. The predicted molar refractivity (Wildman–Crippen MR) is 115 cm³/mol. The summed E-state index contributed by atoms with van der Waals surface area (Å²) in [5, 5.41) is 0. The molecule has 0 bridgehead atoms. The maximum atomic E-state index is 4.94. The van der Waals surface area contributed by atoms with Gasteiger partial charge in [0.1, 0.15) is 0 Å². The van der Waals surface area contributed by atoms with Gasteiger partial charge in [-0.25, -0.2) is 0 Å². The van der Waals surface area contributed by atoms with E-state index in [4.69, 9.17) is 4.74 Å². The molecule has 152 valence electrons. The van der Waals surface area contributed by atoms with Crippen molar-refractivity contribution in [2.45, 2.75) is 113 Å². The highest BCUT2D eigenvalue weighted by Crippen LogP contribution is 2.03. The average molecular weight is 348 g/mol. The first-order chi connectivity index (χ1) is 10.7. The molecule has 0 spiro atoms. The van der Waals surface area contributed by atoms with Crippen LogP contribution < -0.4 is 0 Å². The largest absolute Gasteiger partial charge is 0.381 e. The van der Waals surface area contributed by atoms with Gasteiger partial charge in [0, 0.05) is 13.2 Å². The summed E-state index contributed by atoms with van der Waals surface area (Å²) in [6.07, 6.45) is 15.1. The maximum absolute atomic E-state index is 4.94. The Balaban J connectivity index is -0.000000123. The van der Waals surface area contributed by atoms with E-state index in [0.29, 0.717) is 0 Å². The molecular weight excluding hydrogens is 294 g/mol. The maximum Gasteiger partial charge on any atom is 0.0466 e. The van der Waals surface area contributed by atoms with Crippen LogP contribution >= 0.6 is 0 Å². The van der Waals surface area contributed by atoms with E-state index in [9.17, 15) is 0 Å². The van der Waals surface area contributed by atoms with Crippen LogP contribution in [-0.4, -0.2) is 38.3 Å². The molecule has 0 atom stereocenters. The van der Waals surface area contributed by atoms with Gasteiger partial charge in [-0.05, 0) is 39.4 Å². The molecule has 24 heavy (non-hydrogen) atoms. The monoisotopic (exact) mass is 347 g/mol. The molecule has 0 aromatic heterocycles. The molecule has 1 saturated heterocycles. The van der Waals surface area contributed by atoms with Crippen LogP contribution in [0.4, 0.5) is 0 Å². The number of unbranched alkanes of at least 4 members (excludes halogenated alkanes) is 7. The van der Waals surface area contributed by atoms with E-state index >= 15 is 0 Å². The molecular formula is C22H53NO. The SMILES string of the molecule is C.C.C1CCOC1.CCCCCCCC.CCCCCN(C)CC. The molecule has 0 aliphatic carbocycles. The summed E-state index contributed by atoms with van der Waals surface area (Å²) in [6, 6.07) is 0. The molecule has 1 aliphatic heterocycles. The number of nitrogens with zero attached hydrogens (tertiary/aromatic N) is 1. The Morgan fingerprint density at radius 1 is 0.667 bits per heavy atom. The molecule has 0 aromatic rings. The van der Waals surface area contributed by atoms with Crippen molar-refractivity contribution >= 4 is 0 Å². The van der Waals surface area contributed by atoms with Crippen molar-refractivity contribution in [3.8, 4) is 0 Å². The standard InChI is InChI=1S/C8H19N.C8H18.C4H8O.2CH4/c1-4-6-7-8-9(3)5-2;1-3-5-7-8-6-4-2;1-2-4-5-3-1;;/h4-8H2,1-3H3;3-8H2,1-2H3;1-4H2;2*1H4. The fourth-order valence-corrected chi connectivity index (χ4v) is 2.15. The second kappa shape index (κ2) is 30.8. The van der Waals surface area contributed by atoms with Crippen LogP contribution in [0.3, 0.4) is 0 Å². The second-order valence-corrected chi connectivity index (χ2v) is 6.34. The third kappa shape index (κ3) is 33.5. The number of ether oxygens (including phenoxy) is 1. The molecule has 1 fully saturated rings. The normalized spacial score (nSPS) is 12.2. The molecule has 2 heteroatoms. The Kier molecular flexibility index (Phi) is 40.6. The van der Waals surface area contributed by atoms with Crippen molar-refractivity contribution in [3.05, 3.63) is 0 Å². The Morgan fingerprint density at radius 3 is 1.38 bits per heavy atom. The van der Waals surface area contributed by atoms with Crippen molar-refractivity contribution < 1.29 is 4.74 Å². The highest BCUT2D eigenvalue weighted by Gasteiger charge is 1.94. The van der Waals surface area contributed by atoms with Crippen LogP contribution in [0.15, 0.2) is 0 Å². The fourth-order valence-electron chi connectivity index (χ4n) is 2.15. The van der Waals surface area contributed by atoms with Crippen molar-refractivity contribution in [1.29, 1.82) is 0 Å². The van der Waals surface area contributed by atoms with E-state index in [-0.39, 0.29) is 14.9 Å². The Hall–Kier alpha value is -0.0800. The second-order valence-electron chi connectivity index (χ2n) is 6.34. The Labute approximate surface area is 156 Å². The lowest BCUT2D eigenvalue weighted by Gasteiger charge is -2.12. The molecule has 1 aliphatic rings. The van der Waals surface area contributed by atoms with Gasteiger partial charge in [0.25, 0.3) is 0 Å². The number of hydrogen-bond acceptors (Lipinski definition) is 2. The van der Waals surface area contributed by atoms with Crippen molar-refractivity contribution in [2.24, 2.45) is 0 Å². The zero-order chi connectivity index (χ0) is 16.9. The van der Waals surface area contributed by atoms with Crippen molar-refractivity contribution in [2.75, 3.05) is 33.4 Å². The van der Waals surface area contributed by atoms with E-state index in [2.05, 4.69) is 39.6 Å². The third-order valence-corrected chi connectivity index (χ3v) is 3.97. The van der Waals surface area contributed by atoms with Crippen molar-refractivity contribution in [1.82, 2.24) is 4.90 Å². The number of hydrogen-bond donors (Lipinski definition) is 0. The minimum absolute atomic E-state index is 0.